The minimum Gasteiger partial charge on any atom is -0.426 e. The van der Waals surface area contributed by atoms with Crippen LogP contribution >= 0.6 is 15.9 Å². The summed E-state index contributed by atoms with van der Waals surface area (Å²) in [6.07, 6.45) is 1.44. The molecule has 0 atom stereocenters. The van der Waals surface area contributed by atoms with Crippen LogP contribution in [0.4, 0.5) is 0 Å². The molecule has 0 fully saturated rings. The highest BCUT2D eigenvalue weighted by Gasteiger charge is 2.12. The quantitative estimate of drug-likeness (QED) is 0.366. The molecule has 5 nitrogen and oxygen atoms in total. The van der Waals surface area contributed by atoms with Crippen LogP contribution in [0.2, 0.25) is 0 Å². The molecular formula is C18H17BrN2O3. The standard InChI is InChI=1S/C18H17BrN2O3/c1-12(2)18(23)24-16-9-8-15(19)10-14(16)11-20-21-17(22)13-6-4-3-5-7-13/h3-12H,1-2H3,(H,21,22)/b20-11-. The van der Waals surface area contributed by atoms with Gasteiger partial charge in [-0.1, -0.05) is 48.0 Å². The molecule has 1 N–H and O–H groups in total. The van der Waals surface area contributed by atoms with Crippen molar-refractivity contribution >= 4 is 34.0 Å². The van der Waals surface area contributed by atoms with Gasteiger partial charge in [0.2, 0.25) is 0 Å². The number of hydrazone groups is 1. The Balaban J connectivity index is 2.12. The number of ether oxygens (including phenoxy) is 1. The number of nitrogens with zero attached hydrogens (tertiary/aromatic N) is 1. The van der Waals surface area contributed by atoms with E-state index in [-0.39, 0.29) is 17.8 Å². The van der Waals surface area contributed by atoms with Crippen LogP contribution < -0.4 is 10.2 Å². The van der Waals surface area contributed by atoms with E-state index >= 15 is 0 Å². The van der Waals surface area contributed by atoms with E-state index in [1.807, 2.05) is 6.07 Å². The number of hydrogen-bond donors (Lipinski definition) is 1. The lowest BCUT2D eigenvalue weighted by molar-refractivity contribution is -0.137. The molecule has 24 heavy (non-hydrogen) atoms. The molecule has 0 radical (unpaired) electrons. The number of amides is 1. The monoisotopic (exact) mass is 388 g/mol. The number of carbonyl (C=O) groups excluding carboxylic acids is 2. The third-order valence-corrected chi connectivity index (χ3v) is 3.55. The van der Waals surface area contributed by atoms with Gasteiger partial charge in [-0.2, -0.15) is 5.10 Å². The third kappa shape index (κ3) is 5.03. The van der Waals surface area contributed by atoms with E-state index in [4.69, 9.17) is 4.74 Å². The third-order valence-electron chi connectivity index (χ3n) is 3.06. The van der Waals surface area contributed by atoms with Crippen LogP contribution in [0.25, 0.3) is 0 Å². The van der Waals surface area contributed by atoms with Crippen LogP contribution in [0.5, 0.6) is 5.75 Å². The number of esters is 1. The summed E-state index contributed by atoms with van der Waals surface area (Å²) in [7, 11) is 0. The van der Waals surface area contributed by atoms with Gasteiger partial charge in [0.05, 0.1) is 12.1 Å². The van der Waals surface area contributed by atoms with Crippen molar-refractivity contribution in [2.24, 2.45) is 11.0 Å². The number of halogens is 1. The Labute approximate surface area is 148 Å². The van der Waals surface area contributed by atoms with Crippen molar-refractivity contribution in [1.82, 2.24) is 5.43 Å². The van der Waals surface area contributed by atoms with Crippen molar-refractivity contribution in [3.8, 4) is 5.75 Å². The van der Waals surface area contributed by atoms with E-state index < -0.39 is 0 Å². The van der Waals surface area contributed by atoms with Gasteiger partial charge in [-0.15, -0.1) is 0 Å². The van der Waals surface area contributed by atoms with Gasteiger partial charge in [0.1, 0.15) is 5.75 Å². The molecule has 2 aromatic rings. The van der Waals surface area contributed by atoms with Crippen molar-refractivity contribution in [2.45, 2.75) is 13.8 Å². The first-order valence-corrected chi connectivity index (χ1v) is 8.16. The topological polar surface area (TPSA) is 67.8 Å². The molecule has 0 bridgehead atoms. The van der Waals surface area contributed by atoms with Gasteiger partial charge in [0.15, 0.2) is 0 Å². The van der Waals surface area contributed by atoms with Gasteiger partial charge >= 0.3 is 5.97 Å². The van der Waals surface area contributed by atoms with Gasteiger partial charge in [0.25, 0.3) is 5.91 Å². The van der Waals surface area contributed by atoms with Crippen LogP contribution in [0.1, 0.15) is 29.8 Å². The van der Waals surface area contributed by atoms with E-state index in [0.29, 0.717) is 16.9 Å². The Morgan fingerprint density at radius 3 is 2.54 bits per heavy atom. The summed E-state index contributed by atoms with van der Waals surface area (Å²) < 4.78 is 6.15. The molecule has 0 aliphatic heterocycles. The molecule has 6 heteroatoms. The van der Waals surface area contributed by atoms with E-state index in [2.05, 4.69) is 26.5 Å². The second kappa shape index (κ2) is 8.40. The highest BCUT2D eigenvalue weighted by Crippen LogP contribution is 2.22. The van der Waals surface area contributed by atoms with Gasteiger partial charge in [-0.25, -0.2) is 5.43 Å². The Bertz CT molecular complexity index is 758. The first kappa shape index (κ1) is 17.9. The van der Waals surface area contributed by atoms with Crippen LogP contribution in [-0.2, 0) is 4.79 Å². The maximum Gasteiger partial charge on any atom is 0.313 e. The van der Waals surface area contributed by atoms with Crippen LogP contribution in [0, 0.1) is 5.92 Å². The Hall–Kier alpha value is -2.47. The predicted octanol–water partition coefficient (Wildman–Crippen LogP) is 3.77. The summed E-state index contributed by atoms with van der Waals surface area (Å²) in [5, 5.41) is 3.94. The van der Waals surface area contributed by atoms with Gasteiger partial charge in [-0.05, 0) is 30.3 Å². The summed E-state index contributed by atoms with van der Waals surface area (Å²) in [4.78, 5) is 23.7. The highest BCUT2D eigenvalue weighted by molar-refractivity contribution is 9.10. The molecule has 0 saturated heterocycles. The van der Waals surface area contributed by atoms with Gasteiger partial charge in [-0.3, -0.25) is 9.59 Å². The average molecular weight is 389 g/mol. The van der Waals surface area contributed by atoms with Gasteiger partial charge < -0.3 is 4.74 Å². The zero-order valence-electron chi connectivity index (χ0n) is 13.3. The lowest BCUT2D eigenvalue weighted by Gasteiger charge is -2.09. The maximum atomic E-state index is 11.9. The number of rotatable bonds is 5. The number of carbonyl (C=O) groups is 2. The van der Waals surface area contributed by atoms with Crippen molar-refractivity contribution < 1.29 is 14.3 Å². The summed E-state index contributed by atoms with van der Waals surface area (Å²) in [5.41, 5.74) is 3.53. The van der Waals surface area contributed by atoms with Crippen molar-refractivity contribution in [3.63, 3.8) is 0 Å². The molecule has 0 unspecified atom stereocenters. The van der Waals surface area contributed by atoms with E-state index in [9.17, 15) is 9.59 Å². The molecule has 0 aliphatic rings. The summed E-state index contributed by atoms with van der Waals surface area (Å²) in [6.45, 7) is 3.52. The van der Waals surface area contributed by atoms with Gasteiger partial charge in [0, 0.05) is 15.6 Å². The van der Waals surface area contributed by atoms with Crippen molar-refractivity contribution in [1.29, 1.82) is 0 Å². The molecule has 1 amide bonds. The number of benzene rings is 2. The first-order chi connectivity index (χ1) is 11.5. The smallest absolute Gasteiger partial charge is 0.313 e. The molecule has 2 rings (SSSR count). The molecular weight excluding hydrogens is 372 g/mol. The van der Waals surface area contributed by atoms with Crippen molar-refractivity contribution in [3.05, 3.63) is 64.1 Å². The summed E-state index contributed by atoms with van der Waals surface area (Å²) in [6, 6.07) is 14.0. The normalized spacial score (nSPS) is 10.8. The average Bonchev–Trinajstić information content (AvgIpc) is 2.57. The number of nitrogens with one attached hydrogen (secondary N) is 1. The summed E-state index contributed by atoms with van der Waals surface area (Å²) in [5.74, 6) is -0.506. The van der Waals surface area contributed by atoms with E-state index in [1.165, 1.54) is 6.21 Å². The fraction of sp³-hybridized carbons (Fsp3) is 0.167. The Morgan fingerprint density at radius 2 is 1.88 bits per heavy atom. The second-order valence-corrected chi connectivity index (χ2v) is 6.24. The van der Waals surface area contributed by atoms with Crippen molar-refractivity contribution in [2.75, 3.05) is 0 Å². The van der Waals surface area contributed by atoms with Crippen LogP contribution in [0.3, 0.4) is 0 Å². The minimum absolute atomic E-state index is 0.240. The zero-order valence-corrected chi connectivity index (χ0v) is 14.9. The highest BCUT2D eigenvalue weighted by atomic mass is 79.9. The fourth-order valence-electron chi connectivity index (χ4n) is 1.75. The van der Waals surface area contributed by atoms with E-state index in [0.717, 1.165) is 4.47 Å². The largest absolute Gasteiger partial charge is 0.426 e. The van der Waals surface area contributed by atoms with E-state index in [1.54, 1.807) is 56.3 Å². The molecule has 0 heterocycles. The summed E-state index contributed by atoms with van der Waals surface area (Å²) >= 11 is 3.36. The first-order valence-electron chi connectivity index (χ1n) is 7.37. The maximum absolute atomic E-state index is 11.9. The van der Waals surface area contributed by atoms with Crippen LogP contribution in [0.15, 0.2) is 58.1 Å². The minimum atomic E-state index is -0.333. The predicted molar refractivity (Wildman–Crippen MR) is 96.1 cm³/mol. The molecule has 0 aromatic heterocycles. The molecule has 2 aromatic carbocycles. The molecule has 124 valence electrons. The number of hydrogen-bond acceptors (Lipinski definition) is 4. The lowest BCUT2D eigenvalue weighted by atomic mass is 10.2. The second-order valence-electron chi connectivity index (χ2n) is 5.32. The SMILES string of the molecule is CC(C)C(=O)Oc1ccc(Br)cc1/C=N\NC(=O)c1ccccc1. The fourth-order valence-corrected chi connectivity index (χ4v) is 2.13. The Morgan fingerprint density at radius 1 is 1.17 bits per heavy atom. The molecule has 0 saturated carbocycles. The Kier molecular flexibility index (Phi) is 6.26. The molecule has 0 aliphatic carbocycles. The van der Waals surface area contributed by atoms with Crippen LogP contribution in [-0.4, -0.2) is 18.1 Å². The lowest BCUT2D eigenvalue weighted by Crippen LogP contribution is -2.18. The molecule has 0 spiro atoms. The zero-order chi connectivity index (χ0) is 17.5.